The van der Waals surface area contributed by atoms with E-state index in [4.69, 9.17) is 15.0 Å². The van der Waals surface area contributed by atoms with E-state index in [9.17, 15) is 0 Å². The quantitative estimate of drug-likeness (QED) is 0.175. The standard InChI is InChI=1S/C51H30N4S2/c1-3-15-31(16-4-1)49-52-50(32-17-5-2-6-18-32)54-51(53-49)40-26-12-24-38-37-23-11-22-36(46(37)57-47(38)40)35-21-14-30-44-45(35)39-25-13-29-43(48(39)56-44)55-41-27-9-7-19-33(41)34-20-8-10-28-42(34)55/h1-30H. The zero-order valence-electron chi connectivity index (χ0n) is 30.4. The number of fused-ring (bicyclic) bond motifs is 9. The average molecular weight is 763 g/mol. The Morgan fingerprint density at radius 2 is 0.825 bits per heavy atom. The van der Waals surface area contributed by atoms with Crippen LogP contribution in [0.4, 0.5) is 0 Å². The van der Waals surface area contributed by atoms with Gasteiger partial charge < -0.3 is 4.57 Å². The zero-order valence-corrected chi connectivity index (χ0v) is 32.1. The van der Waals surface area contributed by atoms with Crippen molar-refractivity contribution >= 4 is 84.8 Å². The second kappa shape index (κ2) is 12.8. The lowest BCUT2D eigenvalue weighted by atomic mass is 9.97. The maximum atomic E-state index is 5.12. The van der Waals surface area contributed by atoms with Crippen molar-refractivity contribution in [2.75, 3.05) is 0 Å². The van der Waals surface area contributed by atoms with Crippen molar-refractivity contribution < 1.29 is 0 Å². The number of rotatable bonds is 5. The van der Waals surface area contributed by atoms with E-state index in [2.05, 4.69) is 150 Å². The van der Waals surface area contributed by atoms with Crippen LogP contribution < -0.4 is 0 Å². The van der Waals surface area contributed by atoms with E-state index in [0.29, 0.717) is 17.5 Å². The van der Waals surface area contributed by atoms with E-state index in [1.54, 1.807) is 0 Å². The van der Waals surface area contributed by atoms with Gasteiger partial charge in [-0.25, -0.2) is 15.0 Å². The fourth-order valence-corrected chi connectivity index (χ4v) is 11.1. The van der Waals surface area contributed by atoms with Crippen molar-refractivity contribution in [3.05, 3.63) is 182 Å². The number of benzene rings is 8. The van der Waals surface area contributed by atoms with Gasteiger partial charge >= 0.3 is 0 Å². The van der Waals surface area contributed by atoms with Crippen LogP contribution in [0.2, 0.25) is 0 Å². The van der Waals surface area contributed by atoms with Crippen LogP contribution in [-0.2, 0) is 0 Å². The lowest BCUT2D eigenvalue weighted by Gasteiger charge is -2.10. The van der Waals surface area contributed by atoms with Crippen LogP contribution in [0.3, 0.4) is 0 Å². The Bertz CT molecular complexity index is 3410. The highest BCUT2D eigenvalue weighted by Gasteiger charge is 2.21. The van der Waals surface area contributed by atoms with Gasteiger partial charge in [-0.1, -0.05) is 152 Å². The summed E-state index contributed by atoms with van der Waals surface area (Å²) >= 11 is 3.71. The number of para-hydroxylation sites is 2. The molecule has 0 saturated carbocycles. The molecule has 0 spiro atoms. The van der Waals surface area contributed by atoms with Crippen molar-refractivity contribution in [1.29, 1.82) is 0 Å². The summed E-state index contributed by atoms with van der Waals surface area (Å²) in [6.45, 7) is 0. The minimum Gasteiger partial charge on any atom is -0.308 e. The van der Waals surface area contributed by atoms with Gasteiger partial charge in [-0.3, -0.25) is 0 Å². The molecule has 0 fully saturated rings. The highest BCUT2D eigenvalue weighted by atomic mass is 32.1. The van der Waals surface area contributed by atoms with E-state index >= 15 is 0 Å². The first kappa shape index (κ1) is 32.3. The predicted octanol–water partition coefficient (Wildman–Crippen LogP) is 14.4. The summed E-state index contributed by atoms with van der Waals surface area (Å²) in [6, 6.07) is 64.7. The molecule has 0 N–H and O–H groups in total. The molecule has 0 aliphatic heterocycles. The molecular formula is C51H30N4S2. The summed E-state index contributed by atoms with van der Waals surface area (Å²) in [6.07, 6.45) is 0. The molecule has 6 heteroatoms. The third-order valence-electron chi connectivity index (χ3n) is 11.1. The lowest BCUT2D eigenvalue weighted by Crippen LogP contribution is -2.00. The molecule has 0 unspecified atom stereocenters. The predicted molar refractivity (Wildman–Crippen MR) is 242 cm³/mol. The molecule has 0 amide bonds. The smallest absolute Gasteiger partial charge is 0.165 e. The van der Waals surface area contributed by atoms with Gasteiger partial charge in [-0.15, -0.1) is 22.7 Å². The van der Waals surface area contributed by atoms with Gasteiger partial charge in [0.25, 0.3) is 0 Å². The Labute approximate surface area is 335 Å². The molecule has 0 bridgehead atoms. The normalized spacial score (nSPS) is 11.9. The number of thiophene rings is 2. The van der Waals surface area contributed by atoms with Crippen LogP contribution in [-0.4, -0.2) is 19.5 Å². The largest absolute Gasteiger partial charge is 0.308 e. The zero-order chi connectivity index (χ0) is 37.5. The minimum atomic E-state index is 0.662. The van der Waals surface area contributed by atoms with E-state index in [0.717, 1.165) is 16.7 Å². The van der Waals surface area contributed by atoms with Crippen LogP contribution >= 0.6 is 22.7 Å². The maximum Gasteiger partial charge on any atom is 0.165 e. The van der Waals surface area contributed by atoms with Crippen molar-refractivity contribution in [3.8, 4) is 51.0 Å². The van der Waals surface area contributed by atoms with Crippen LogP contribution in [0.5, 0.6) is 0 Å². The first-order chi connectivity index (χ1) is 28.3. The summed E-state index contributed by atoms with van der Waals surface area (Å²) in [5.74, 6) is 1.99. The molecule has 4 nitrogen and oxygen atoms in total. The van der Waals surface area contributed by atoms with Crippen LogP contribution in [0.25, 0.3) is 113 Å². The van der Waals surface area contributed by atoms with Gasteiger partial charge in [0.1, 0.15) is 0 Å². The summed E-state index contributed by atoms with van der Waals surface area (Å²) in [5, 5.41) is 7.55. The number of aromatic nitrogens is 4. The van der Waals surface area contributed by atoms with Gasteiger partial charge in [0.2, 0.25) is 0 Å². The van der Waals surface area contributed by atoms with Crippen molar-refractivity contribution in [2.45, 2.75) is 0 Å². The van der Waals surface area contributed by atoms with Gasteiger partial charge in [0, 0.05) is 68.7 Å². The fourth-order valence-electron chi connectivity index (χ4n) is 8.55. The number of nitrogens with zero attached hydrogens (tertiary/aromatic N) is 4. The molecule has 4 heterocycles. The molecule has 0 aliphatic carbocycles. The Hall–Kier alpha value is -6.99. The Morgan fingerprint density at radius 1 is 0.333 bits per heavy atom. The molecule has 4 aromatic heterocycles. The summed E-state index contributed by atoms with van der Waals surface area (Å²) < 4.78 is 7.44. The van der Waals surface area contributed by atoms with Gasteiger partial charge in [-0.2, -0.15) is 0 Å². The SMILES string of the molecule is c1ccc(-c2nc(-c3ccccc3)nc(-c3cccc4c3sc3c(-c5cccc6sc7c(-n8c9ccccc9c9ccccc98)cccc7c56)cccc34)n2)cc1. The van der Waals surface area contributed by atoms with E-state index < -0.39 is 0 Å². The van der Waals surface area contributed by atoms with Crippen molar-refractivity contribution in [2.24, 2.45) is 0 Å². The average Bonchev–Trinajstić information content (AvgIpc) is 3.97. The Kier molecular flexibility index (Phi) is 7.24. The summed E-state index contributed by atoms with van der Waals surface area (Å²) in [5.41, 5.74) is 9.06. The third-order valence-corrected chi connectivity index (χ3v) is 13.6. The molecule has 0 aliphatic rings. The monoisotopic (exact) mass is 762 g/mol. The topological polar surface area (TPSA) is 43.6 Å². The van der Waals surface area contributed by atoms with Gasteiger partial charge in [0.15, 0.2) is 17.5 Å². The van der Waals surface area contributed by atoms with E-state index in [1.807, 2.05) is 59.1 Å². The van der Waals surface area contributed by atoms with Crippen LogP contribution in [0.15, 0.2) is 182 Å². The van der Waals surface area contributed by atoms with Crippen LogP contribution in [0, 0.1) is 0 Å². The third kappa shape index (κ3) is 5.01. The fraction of sp³-hybridized carbons (Fsp3) is 0. The first-order valence-corrected chi connectivity index (χ1v) is 20.7. The second-order valence-corrected chi connectivity index (χ2v) is 16.4. The van der Waals surface area contributed by atoms with E-state index in [-0.39, 0.29) is 0 Å². The molecule has 0 saturated heterocycles. The molecular weight excluding hydrogens is 733 g/mol. The molecule has 57 heavy (non-hydrogen) atoms. The molecule has 12 aromatic rings. The Morgan fingerprint density at radius 3 is 1.49 bits per heavy atom. The second-order valence-electron chi connectivity index (χ2n) is 14.3. The Balaban J connectivity index is 1.07. The molecule has 8 aromatic carbocycles. The van der Waals surface area contributed by atoms with Gasteiger partial charge in [0.05, 0.1) is 21.4 Å². The number of hydrogen-bond donors (Lipinski definition) is 0. The highest BCUT2D eigenvalue weighted by molar-refractivity contribution is 7.27. The van der Waals surface area contributed by atoms with Gasteiger partial charge in [-0.05, 0) is 35.9 Å². The van der Waals surface area contributed by atoms with Crippen molar-refractivity contribution in [3.63, 3.8) is 0 Å². The van der Waals surface area contributed by atoms with Crippen LogP contribution in [0.1, 0.15) is 0 Å². The molecule has 0 atom stereocenters. The van der Waals surface area contributed by atoms with E-state index in [1.165, 1.54) is 79.0 Å². The summed E-state index contributed by atoms with van der Waals surface area (Å²) in [7, 11) is 0. The highest BCUT2D eigenvalue weighted by Crippen LogP contribution is 2.48. The molecule has 266 valence electrons. The lowest BCUT2D eigenvalue weighted by molar-refractivity contribution is 1.08. The molecule has 12 rings (SSSR count). The molecule has 0 radical (unpaired) electrons. The maximum absolute atomic E-state index is 5.12. The van der Waals surface area contributed by atoms with Crippen molar-refractivity contribution in [1.82, 2.24) is 19.5 Å². The number of hydrogen-bond acceptors (Lipinski definition) is 5. The summed E-state index contributed by atoms with van der Waals surface area (Å²) in [4.78, 5) is 15.2. The minimum absolute atomic E-state index is 0.662. The first-order valence-electron chi connectivity index (χ1n) is 19.0.